The number of imidazole rings is 1. The highest BCUT2D eigenvalue weighted by Gasteiger charge is 2.25. The first kappa shape index (κ1) is 20.4. The molecule has 1 fully saturated rings. The van der Waals surface area contributed by atoms with E-state index >= 15 is 0 Å². The van der Waals surface area contributed by atoms with Gasteiger partial charge in [0.2, 0.25) is 0 Å². The molecule has 7 nitrogen and oxygen atoms in total. The number of hydrogen-bond acceptors (Lipinski definition) is 6. The number of nitrogens with zero attached hydrogens (tertiary/aromatic N) is 3. The minimum atomic E-state index is -0.528. The molecule has 10 heteroatoms. The lowest BCUT2D eigenvalue weighted by Crippen LogP contribution is -2.24. The molecule has 2 aromatic heterocycles. The number of amides is 1. The predicted octanol–water partition coefficient (Wildman–Crippen LogP) is 4.18. The van der Waals surface area contributed by atoms with Crippen LogP contribution in [0.5, 0.6) is 0 Å². The maximum Gasteiger partial charge on any atom is 0.280 e. The number of aromatic amines is 1. The van der Waals surface area contributed by atoms with Gasteiger partial charge in [-0.1, -0.05) is 34.0 Å². The number of rotatable bonds is 8. The normalized spacial score (nSPS) is 15.2. The lowest BCUT2D eigenvalue weighted by atomic mass is 10.1. The number of benzene rings is 1. The molecule has 1 aliphatic carbocycles. The van der Waals surface area contributed by atoms with Gasteiger partial charge in [-0.25, -0.2) is 9.97 Å². The van der Waals surface area contributed by atoms with Crippen molar-refractivity contribution < 1.29 is 14.0 Å². The molecule has 2 heterocycles. The second kappa shape index (κ2) is 9.31. The monoisotopic (exact) mass is 445 g/mol. The molecule has 3 aromatic rings. The third kappa shape index (κ3) is 5.00. The summed E-state index contributed by atoms with van der Waals surface area (Å²) in [5.41, 5.74) is 0.679. The summed E-state index contributed by atoms with van der Waals surface area (Å²) in [6.07, 6.45) is 6.85. The van der Waals surface area contributed by atoms with Gasteiger partial charge in [0, 0.05) is 28.1 Å². The van der Waals surface area contributed by atoms with E-state index in [2.05, 4.69) is 37.7 Å². The maximum atomic E-state index is 13.2. The Morgan fingerprint density at radius 3 is 2.80 bits per heavy atom. The van der Waals surface area contributed by atoms with Gasteiger partial charge in [0.15, 0.2) is 22.6 Å². The van der Waals surface area contributed by atoms with Crippen molar-refractivity contribution in [3.8, 4) is 0 Å². The Hall–Kier alpha value is -2.85. The zero-order valence-corrected chi connectivity index (χ0v) is 17.8. The third-order valence-corrected chi connectivity index (χ3v) is 7.58. The van der Waals surface area contributed by atoms with Gasteiger partial charge in [-0.05, 0) is 31.9 Å². The molecule has 4 rings (SSSR count). The number of aromatic nitrogens is 3. The number of thiazole rings is 1. The van der Waals surface area contributed by atoms with Gasteiger partial charge in [-0.15, -0.1) is 0 Å². The van der Waals surface area contributed by atoms with Crippen molar-refractivity contribution in [3.05, 3.63) is 59.4 Å². The molecular weight excluding hydrogens is 425 g/mol. The molecule has 0 aliphatic heterocycles. The molecule has 1 atom stereocenters. The molecule has 0 bridgehead atoms. The first-order valence-corrected chi connectivity index (χ1v) is 11.5. The van der Waals surface area contributed by atoms with Crippen LogP contribution in [0, 0.1) is 5.13 Å². The third-order valence-electron chi connectivity index (χ3n) is 4.36. The van der Waals surface area contributed by atoms with Crippen LogP contribution in [-0.4, -0.2) is 37.2 Å². The molecule has 2 N–H and O–H groups in total. The molecular formula is C20H20FN5O2S2. The highest BCUT2D eigenvalue weighted by atomic mass is 32.2. The number of oxime groups is 1. The topological polar surface area (TPSA) is 92.3 Å². The number of anilines is 1. The van der Waals surface area contributed by atoms with Gasteiger partial charge in [0.05, 0.1) is 6.20 Å². The van der Waals surface area contributed by atoms with Crippen LogP contribution in [0.2, 0.25) is 0 Å². The predicted molar refractivity (Wildman–Crippen MR) is 118 cm³/mol. The quantitative estimate of drug-likeness (QED) is 0.309. The molecule has 0 saturated heterocycles. The molecule has 1 saturated carbocycles. The average molecular weight is 446 g/mol. The Bertz CT molecular complexity index is 1070. The van der Waals surface area contributed by atoms with Crippen LogP contribution in [-0.2, 0) is 16.2 Å². The Morgan fingerprint density at radius 1 is 1.40 bits per heavy atom. The Balaban J connectivity index is 1.56. The number of H-pyrrole nitrogens is 1. The minimum Gasteiger partial charge on any atom is -0.387 e. The van der Waals surface area contributed by atoms with Crippen molar-refractivity contribution in [2.45, 2.75) is 36.5 Å². The summed E-state index contributed by atoms with van der Waals surface area (Å²) in [6, 6.07) is 7.76. The Kier molecular flexibility index (Phi) is 6.34. The highest BCUT2D eigenvalue weighted by molar-refractivity contribution is 8.15. The van der Waals surface area contributed by atoms with Crippen LogP contribution in [0.15, 0.2) is 52.9 Å². The summed E-state index contributed by atoms with van der Waals surface area (Å²) in [6.45, 7) is 2.18. The zero-order chi connectivity index (χ0) is 20.9. The second-order valence-corrected chi connectivity index (χ2v) is 9.84. The van der Waals surface area contributed by atoms with Gasteiger partial charge in [-0.3, -0.25) is 10.1 Å². The van der Waals surface area contributed by atoms with Crippen molar-refractivity contribution in [3.63, 3.8) is 0 Å². The maximum absolute atomic E-state index is 13.2. The number of carbonyl (C=O) groups is 1. The summed E-state index contributed by atoms with van der Waals surface area (Å²) >= 11 is 0.746. The second-order valence-electron chi connectivity index (χ2n) is 6.50. The Labute approximate surface area is 179 Å². The first-order chi connectivity index (χ1) is 14.6. The number of nitrogens with one attached hydrogen (secondary N) is 2. The number of hydrogen-bond donors (Lipinski definition) is 2. The highest BCUT2D eigenvalue weighted by Crippen LogP contribution is 2.44. The van der Waals surface area contributed by atoms with E-state index in [4.69, 9.17) is 4.84 Å². The summed E-state index contributed by atoms with van der Waals surface area (Å²) in [5.74, 6) is 0.0580. The smallest absolute Gasteiger partial charge is 0.280 e. The molecule has 0 radical (unpaired) electrons. The van der Waals surface area contributed by atoms with Crippen LogP contribution < -0.4 is 5.32 Å². The van der Waals surface area contributed by atoms with Crippen molar-refractivity contribution in [1.82, 2.24) is 15.0 Å². The van der Waals surface area contributed by atoms with Crippen molar-refractivity contribution in [2.75, 3.05) is 5.32 Å². The average Bonchev–Trinajstić information content (AvgIpc) is 3.27. The van der Waals surface area contributed by atoms with E-state index in [-0.39, 0.29) is 27.9 Å². The SMILES string of the molecule is C/C=S(/c1ccc(/C(=N\OCc2ncc[nH]2)C(=O)Nc2ncc(F)s2)cc1)C1CC1. The van der Waals surface area contributed by atoms with Crippen molar-refractivity contribution in [2.24, 2.45) is 5.16 Å². The van der Waals surface area contributed by atoms with E-state index in [0.29, 0.717) is 11.4 Å². The van der Waals surface area contributed by atoms with E-state index in [9.17, 15) is 9.18 Å². The molecule has 1 amide bonds. The number of carbonyl (C=O) groups excluding carboxylic acids is 1. The number of halogens is 1. The minimum absolute atomic E-state index is 0.0792. The van der Waals surface area contributed by atoms with Gasteiger partial charge >= 0.3 is 0 Å². The van der Waals surface area contributed by atoms with E-state index in [0.717, 1.165) is 22.8 Å². The Morgan fingerprint density at radius 2 is 2.20 bits per heavy atom. The van der Waals surface area contributed by atoms with E-state index in [1.165, 1.54) is 17.7 Å². The fourth-order valence-electron chi connectivity index (χ4n) is 2.84. The van der Waals surface area contributed by atoms with Gasteiger partial charge in [-0.2, -0.15) is 14.9 Å². The summed E-state index contributed by atoms with van der Waals surface area (Å²) in [4.78, 5) is 30.2. The zero-order valence-electron chi connectivity index (χ0n) is 16.2. The fraction of sp³-hybridized carbons (Fsp3) is 0.250. The lowest BCUT2D eigenvalue weighted by Gasteiger charge is -2.10. The first-order valence-electron chi connectivity index (χ1n) is 9.36. The van der Waals surface area contributed by atoms with Gasteiger partial charge < -0.3 is 9.82 Å². The van der Waals surface area contributed by atoms with Crippen LogP contribution >= 0.6 is 21.8 Å². The van der Waals surface area contributed by atoms with E-state index in [1.54, 1.807) is 12.4 Å². The van der Waals surface area contributed by atoms with Crippen LogP contribution in [0.25, 0.3) is 0 Å². The van der Waals surface area contributed by atoms with Gasteiger partial charge in [0.25, 0.3) is 5.91 Å². The standard InChI is InChI=1S/C20H20FN5O2S2/c1-2-30(15-7-8-15)14-5-3-13(4-6-14)18(26-28-12-17-22-9-10-23-17)19(27)25-20-24-11-16(21)29-20/h2-6,9-11,15H,7-8,12H2,1H3,(H,22,23)(H,24,25,27)/b26-18+. The molecule has 0 spiro atoms. The summed E-state index contributed by atoms with van der Waals surface area (Å²) in [7, 11) is 0.119. The lowest BCUT2D eigenvalue weighted by molar-refractivity contribution is -0.110. The summed E-state index contributed by atoms with van der Waals surface area (Å²) in [5, 5.41) is 9.26. The van der Waals surface area contributed by atoms with Crippen molar-refractivity contribution >= 4 is 43.9 Å². The molecule has 1 unspecified atom stereocenters. The van der Waals surface area contributed by atoms with E-state index in [1.807, 2.05) is 24.3 Å². The van der Waals surface area contributed by atoms with Crippen LogP contribution in [0.4, 0.5) is 9.52 Å². The van der Waals surface area contributed by atoms with Gasteiger partial charge in [0.1, 0.15) is 5.82 Å². The van der Waals surface area contributed by atoms with Crippen LogP contribution in [0.1, 0.15) is 31.2 Å². The molecule has 30 heavy (non-hydrogen) atoms. The molecule has 1 aromatic carbocycles. The fourth-order valence-corrected chi connectivity index (χ4v) is 5.52. The molecule has 156 valence electrons. The largest absolute Gasteiger partial charge is 0.387 e. The molecule has 1 aliphatic rings. The van der Waals surface area contributed by atoms with Crippen LogP contribution in [0.3, 0.4) is 0 Å². The van der Waals surface area contributed by atoms with Crippen molar-refractivity contribution in [1.29, 1.82) is 0 Å². The summed E-state index contributed by atoms with van der Waals surface area (Å²) < 4.78 is 13.2. The van der Waals surface area contributed by atoms with E-state index < -0.39 is 11.0 Å².